The maximum atomic E-state index is 12.5. The van der Waals surface area contributed by atoms with Crippen LogP contribution in [-0.4, -0.2) is 18.4 Å². The highest BCUT2D eigenvalue weighted by Crippen LogP contribution is 2.31. The molecular formula is C19H18Cl2N2O2. The zero-order valence-corrected chi connectivity index (χ0v) is 15.3. The molecule has 25 heavy (non-hydrogen) atoms. The number of hydrogen-bond acceptors (Lipinski definition) is 2. The van der Waals surface area contributed by atoms with Gasteiger partial charge in [0.2, 0.25) is 11.8 Å². The number of rotatable bonds is 4. The molecule has 1 unspecified atom stereocenters. The van der Waals surface area contributed by atoms with Crippen molar-refractivity contribution in [1.29, 1.82) is 0 Å². The molecule has 1 heterocycles. The van der Waals surface area contributed by atoms with E-state index in [9.17, 15) is 9.59 Å². The molecule has 1 N–H and O–H groups in total. The van der Waals surface area contributed by atoms with Gasteiger partial charge < -0.3 is 10.2 Å². The summed E-state index contributed by atoms with van der Waals surface area (Å²) in [6.45, 7) is 2.44. The highest BCUT2D eigenvalue weighted by Gasteiger charge is 2.35. The van der Waals surface area contributed by atoms with Gasteiger partial charge in [-0.2, -0.15) is 0 Å². The Morgan fingerprint density at radius 3 is 2.60 bits per heavy atom. The number of anilines is 2. The maximum Gasteiger partial charge on any atom is 0.229 e. The van der Waals surface area contributed by atoms with Crippen LogP contribution in [0.4, 0.5) is 11.4 Å². The topological polar surface area (TPSA) is 49.4 Å². The Labute approximate surface area is 156 Å². The summed E-state index contributed by atoms with van der Waals surface area (Å²) in [6, 6.07) is 12.9. The zero-order chi connectivity index (χ0) is 18.0. The Morgan fingerprint density at radius 1 is 1.20 bits per heavy atom. The number of hydrogen-bond donors (Lipinski definition) is 1. The SMILES string of the molecule is CCc1ccc(N2CC(C(=O)Nc3cccc(Cl)c3Cl)CC2=O)cc1. The van der Waals surface area contributed by atoms with Gasteiger partial charge in [0.05, 0.1) is 21.7 Å². The summed E-state index contributed by atoms with van der Waals surface area (Å²) in [5.74, 6) is -0.708. The van der Waals surface area contributed by atoms with E-state index in [0.29, 0.717) is 22.3 Å². The maximum absolute atomic E-state index is 12.5. The van der Waals surface area contributed by atoms with Gasteiger partial charge in [0.25, 0.3) is 0 Å². The Kier molecular flexibility index (Phi) is 5.30. The van der Waals surface area contributed by atoms with Gasteiger partial charge in [-0.25, -0.2) is 0 Å². The second-order valence-electron chi connectivity index (χ2n) is 6.02. The van der Waals surface area contributed by atoms with Crippen molar-refractivity contribution in [3.8, 4) is 0 Å². The van der Waals surface area contributed by atoms with Gasteiger partial charge in [0.15, 0.2) is 0 Å². The number of aryl methyl sites for hydroxylation is 1. The first kappa shape index (κ1) is 17.8. The molecule has 6 heteroatoms. The van der Waals surface area contributed by atoms with Crippen molar-refractivity contribution in [2.24, 2.45) is 5.92 Å². The number of carbonyl (C=O) groups is 2. The molecule has 1 saturated heterocycles. The first-order chi connectivity index (χ1) is 12.0. The van der Waals surface area contributed by atoms with Gasteiger partial charge in [-0.05, 0) is 36.2 Å². The first-order valence-corrected chi connectivity index (χ1v) is 8.89. The van der Waals surface area contributed by atoms with Crippen LogP contribution < -0.4 is 10.2 Å². The number of nitrogens with one attached hydrogen (secondary N) is 1. The number of amides is 2. The summed E-state index contributed by atoms with van der Waals surface area (Å²) in [6.07, 6.45) is 1.12. The van der Waals surface area contributed by atoms with E-state index in [4.69, 9.17) is 23.2 Å². The molecule has 1 aliphatic heterocycles. The van der Waals surface area contributed by atoms with Gasteiger partial charge in [0.1, 0.15) is 0 Å². The zero-order valence-electron chi connectivity index (χ0n) is 13.8. The molecule has 2 aromatic rings. The van der Waals surface area contributed by atoms with E-state index in [2.05, 4.69) is 12.2 Å². The van der Waals surface area contributed by atoms with E-state index in [1.807, 2.05) is 24.3 Å². The van der Waals surface area contributed by atoms with Gasteiger partial charge in [0, 0.05) is 18.7 Å². The molecular weight excluding hydrogens is 359 g/mol. The van der Waals surface area contributed by atoms with E-state index < -0.39 is 5.92 Å². The summed E-state index contributed by atoms with van der Waals surface area (Å²) in [7, 11) is 0. The predicted molar refractivity (Wildman–Crippen MR) is 101 cm³/mol. The Morgan fingerprint density at radius 2 is 1.92 bits per heavy atom. The highest BCUT2D eigenvalue weighted by atomic mass is 35.5. The fraction of sp³-hybridized carbons (Fsp3) is 0.263. The molecule has 1 fully saturated rings. The minimum atomic E-state index is -0.423. The molecule has 130 valence electrons. The lowest BCUT2D eigenvalue weighted by molar-refractivity contribution is -0.122. The van der Waals surface area contributed by atoms with Crippen molar-refractivity contribution < 1.29 is 9.59 Å². The van der Waals surface area contributed by atoms with Crippen LogP contribution in [0.25, 0.3) is 0 Å². The Hall–Kier alpha value is -2.04. The molecule has 2 aromatic carbocycles. The van der Waals surface area contributed by atoms with E-state index in [0.717, 1.165) is 12.1 Å². The lowest BCUT2D eigenvalue weighted by atomic mass is 10.1. The minimum Gasteiger partial charge on any atom is -0.324 e. The Bertz CT molecular complexity index is 806. The molecule has 0 aliphatic carbocycles. The minimum absolute atomic E-state index is 0.0541. The van der Waals surface area contributed by atoms with Crippen LogP contribution in [0.5, 0.6) is 0 Å². The number of nitrogens with zero attached hydrogens (tertiary/aromatic N) is 1. The summed E-state index contributed by atoms with van der Waals surface area (Å²) in [4.78, 5) is 26.5. The molecule has 0 aromatic heterocycles. The van der Waals surface area contributed by atoms with Crippen LogP contribution in [0.15, 0.2) is 42.5 Å². The van der Waals surface area contributed by atoms with Crippen LogP contribution >= 0.6 is 23.2 Å². The third-order valence-corrected chi connectivity index (χ3v) is 5.18. The molecule has 3 rings (SSSR count). The smallest absolute Gasteiger partial charge is 0.229 e. The van der Waals surface area contributed by atoms with Gasteiger partial charge in [-0.1, -0.05) is 48.3 Å². The van der Waals surface area contributed by atoms with Crippen LogP contribution in [0.3, 0.4) is 0 Å². The largest absolute Gasteiger partial charge is 0.324 e. The van der Waals surface area contributed by atoms with E-state index in [1.165, 1.54) is 5.56 Å². The van der Waals surface area contributed by atoms with Crippen LogP contribution in [0, 0.1) is 5.92 Å². The van der Waals surface area contributed by atoms with Crippen molar-refractivity contribution >= 4 is 46.4 Å². The second kappa shape index (κ2) is 7.46. The van der Waals surface area contributed by atoms with E-state index in [1.54, 1.807) is 23.1 Å². The average Bonchev–Trinajstić information content (AvgIpc) is 3.01. The van der Waals surface area contributed by atoms with Gasteiger partial charge in [-0.15, -0.1) is 0 Å². The summed E-state index contributed by atoms with van der Waals surface area (Å²) >= 11 is 12.1. The highest BCUT2D eigenvalue weighted by molar-refractivity contribution is 6.44. The van der Waals surface area contributed by atoms with Crippen LogP contribution in [-0.2, 0) is 16.0 Å². The standard InChI is InChI=1S/C19H18Cl2N2O2/c1-2-12-6-8-14(9-7-12)23-11-13(10-17(23)24)19(25)22-16-5-3-4-15(20)18(16)21/h3-9,13H,2,10-11H2,1H3,(H,22,25). The monoisotopic (exact) mass is 376 g/mol. The molecule has 1 aliphatic rings. The molecule has 4 nitrogen and oxygen atoms in total. The quantitative estimate of drug-likeness (QED) is 0.850. The van der Waals surface area contributed by atoms with Crippen molar-refractivity contribution in [1.82, 2.24) is 0 Å². The third kappa shape index (κ3) is 3.80. The van der Waals surface area contributed by atoms with Crippen LogP contribution in [0.1, 0.15) is 18.9 Å². The first-order valence-electron chi connectivity index (χ1n) is 8.13. The average molecular weight is 377 g/mol. The second-order valence-corrected chi connectivity index (χ2v) is 6.80. The third-order valence-electron chi connectivity index (χ3n) is 4.36. The summed E-state index contributed by atoms with van der Waals surface area (Å²) in [5.41, 5.74) is 2.48. The van der Waals surface area contributed by atoms with Crippen LogP contribution in [0.2, 0.25) is 10.0 Å². The summed E-state index contributed by atoms with van der Waals surface area (Å²) in [5, 5.41) is 3.44. The van der Waals surface area contributed by atoms with Crippen molar-refractivity contribution in [2.75, 3.05) is 16.8 Å². The lowest BCUT2D eigenvalue weighted by Crippen LogP contribution is -2.28. The lowest BCUT2D eigenvalue weighted by Gasteiger charge is -2.17. The fourth-order valence-corrected chi connectivity index (χ4v) is 3.23. The fourth-order valence-electron chi connectivity index (χ4n) is 2.88. The predicted octanol–water partition coefficient (Wildman–Crippen LogP) is 4.55. The number of carbonyl (C=O) groups excluding carboxylic acids is 2. The van der Waals surface area contributed by atoms with Crippen molar-refractivity contribution in [2.45, 2.75) is 19.8 Å². The summed E-state index contributed by atoms with van der Waals surface area (Å²) < 4.78 is 0. The number of benzene rings is 2. The molecule has 2 amide bonds. The van der Waals surface area contributed by atoms with Crippen molar-refractivity contribution in [3.05, 3.63) is 58.1 Å². The van der Waals surface area contributed by atoms with Crippen molar-refractivity contribution in [3.63, 3.8) is 0 Å². The molecule has 0 spiro atoms. The Balaban J connectivity index is 1.71. The van der Waals surface area contributed by atoms with E-state index >= 15 is 0 Å². The van der Waals surface area contributed by atoms with Gasteiger partial charge in [-0.3, -0.25) is 9.59 Å². The molecule has 0 bridgehead atoms. The molecule has 0 saturated carbocycles. The van der Waals surface area contributed by atoms with E-state index in [-0.39, 0.29) is 18.2 Å². The van der Waals surface area contributed by atoms with Gasteiger partial charge >= 0.3 is 0 Å². The number of halogens is 2. The molecule has 1 atom stereocenters. The molecule has 0 radical (unpaired) electrons. The normalized spacial score (nSPS) is 17.0.